The second-order valence-corrected chi connectivity index (χ2v) is 4.02. The molecule has 0 saturated carbocycles. The minimum absolute atomic E-state index is 0.854. The van der Waals surface area contributed by atoms with Crippen LogP contribution in [0, 0.1) is 0 Å². The van der Waals surface area contributed by atoms with E-state index >= 15 is 0 Å². The lowest BCUT2D eigenvalue weighted by molar-refractivity contribution is 0.787. The van der Waals surface area contributed by atoms with Gasteiger partial charge in [0.15, 0.2) is 0 Å². The molecule has 0 radical (unpaired) electrons. The van der Waals surface area contributed by atoms with Gasteiger partial charge in [0.05, 0.1) is 0 Å². The molecule has 2 heterocycles. The monoisotopic (exact) mass is 230 g/mol. The van der Waals surface area contributed by atoms with Gasteiger partial charge in [0.1, 0.15) is 11.6 Å². The normalized spacial score (nSPS) is 10.7. The van der Waals surface area contributed by atoms with Crippen molar-refractivity contribution in [3.63, 3.8) is 0 Å². The highest BCUT2D eigenvalue weighted by atomic mass is 15.1. The number of aromatic nitrogens is 3. The van der Waals surface area contributed by atoms with E-state index in [0.717, 1.165) is 31.0 Å². The van der Waals surface area contributed by atoms with Crippen LogP contribution in [-0.2, 0) is 13.0 Å². The van der Waals surface area contributed by atoms with Crippen LogP contribution in [0.25, 0.3) is 5.82 Å². The van der Waals surface area contributed by atoms with Crippen LogP contribution >= 0.6 is 0 Å². The Balaban J connectivity index is 2.31. The van der Waals surface area contributed by atoms with E-state index in [0.29, 0.717) is 0 Å². The highest BCUT2D eigenvalue weighted by molar-refractivity contribution is 5.29. The lowest BCUT2D eigenvalue weighted by Gasteiger charge is -2.07. The molecular formula is C13H18N4. The van der Waals surface area contributed by atoms with E-state index < -0.39 is 0 Å². The molecule has 0 aliphatic heterocycles. The Bertz CT molecular complexity index is 476. The Kier molecular flexibility index (Phi) is 3.88. The molecule has 0 unspecified atom stereocenters. The molecule has 4 heteroatoms. The van der Waals surface area contributed by atoms with Crippen LogP contribution in [-0.4, -0.2) is 21.6 Å². The third-order valence-corrected chi connectivity index (χ3v) is 2.63. The summed E-state index contributed by atoms with van der Waals surface area (Å²) in [5.74, 6) is 2.01. The average Bonchev–Trinajstić information content (AvgIpc) is 2.79. The maximum atomic E-state index is 4.40. The Morgan fingerprint density at radius 3 is 2.94 bits per heavy atom. The molecule has 4 nitrogen and oxygen atoms in total. The van der Waals surface area contributed by atoms with Gasteiger partial charge in [-0.15, -0.1) is 0 Å². The molecule has 2 aromatic rings. The molecular weight excluding hydrogens is 212 g/mol. The van der Waals surface area contributed by atoms with Crippen LogP contribution in [0.1, 0.15) is 24.7 Å². The van der Waals surface area contributed by atoms with Gasteiger partial charge in [-0.05, 0) is 31.2 Å². The predicted molar refractivity (Wildman–Crippen MR) is 68.1 cm³/mol. The van der Waals surface area contributed by atoms with Gasteiger partial charge in [0.2, 0.25) is 0 Å². The molecule has 0 bridgehead atoms. The zero-order valence-electron chi connectivity index (χ0n) is 10.3. The number of imidazole rings is 1. The first-order valence-corrected chi connectivity index (χ1v) is 5.97. The third-order valence-electron chi connectivity index (χ3n) is 2.63. The summed E-state index contributed by atoms with van der Waals surface area (Å²) in [5.41, 5.74) is 1.23. The number of hydrogen-bond donors (Lipinski definition) is 1. The van der Waals surface area contributed by atoms with Crippen molar-refractivity contribution >= 4 is 0 Å². The SMILES string of the molecule is CCCc1nccn1-c1cc(CNC)ccn1. The van der Waals surface area contributed by atoms with Gasteiger partial charge < -0.3 is 5.32 Å². The fourth-order valence-corrected chi connectivity index (χ4v) is 1.86. The van der Waals surface area contributed by atoms with Crippen molar-refractivity contribution in [2.24, 2.45) is 0 Å². The summed E-state index contributed by atoms with van der Waals surface area (Å²) < 4.78 is 2.06. The third kappa shape index (κ3) is 2.71. The smallest absolute Gasteiger partial charge is 0.138 e. The van der Waals surface area contributed by atoms with E-state index in [-0.39, 0.29) is 0 Å². The summed E-state index contributed by atoms with van der Waals surface area (Å²) in [4.78, 5) is 8.77. The summed E-state index contributed by atoms with van der Waals surface area (Å²) in [6.07, 6.45) is 7.71. The van der Waals surface area contributed by atoms with Crippen LogP contribution in [0.5, 0.6) is 0 Å². The average molecular weight is 230 g/mol. The van der Waals surface area contributed by atoms with E-state index in [4.69, 9.17) is 0 Å². The molecule has 0 amide bonds. The summed E-state index contributed by atoms with van der Waals surface area (Å²) in [5, 5.41) is 3.14. The van der Waals surface area contributed by atoms with Gasteiger partial charge >= 0.3 is 0 Å². The first-order chi connectivity index (χ1) is 8.35. The molecule has 0 atom stereocenters. The quantitative estimate of drug-likeness (QED) is 0.853. The molecule has 0 aliphatic rings. The topological polar surface area (TPSA) is 42.7 Å². The van der Waals surface area contributed by atoms with Gasteiger partial charge in [-0.1, -0.05) is 6.92 Å². The zero-order chi connectivity index (χ0) is 12.1. The predicted octanol–water partition coefficient (Wildman–Crippen LogP) is 1.94. The molecule has 2 aromatic heterocycles. The number of pyridine rings is 1. The van der Waals surface area contributed by atoms with Crippen molar-refractivity contribution in [2.75, 3.05) is 7.05 Å². The van der Waals surface area contributed by atoms with E-state index in [2.05, 4.69) is 32.8 Å². The van der Waals surface area contributed by atoms with E-state index in [1.165, 1.54) is 5.56 Å². The number of rotatable bonds is 5. The number of aryl methyl sites for hydroxylation is 1. The Morgan fingerprint density at radius 1 is 1.29 bits per heavy atom. The maximum Gasteiger partial charge on any atom is 0.138 e. The van der Waals surface area contributed by atoms with Gasteiger partial charge in [-0.25, -0.2) is 9.97 Å². The number of nitrogens with one attached hydrogen (secondary N) is 1. The molecule has 1 N–H and O–H groups in total. The molecule has 17 heavy (non-hydrogen) atoms. The molecule has 90 valence electrons. The van der Waals surface area contributed by atoms with Crippen molar-refractivity contribution in [3.8, 4) is 5.82 Å². The van der Waals surface area contributed by atoms with Gasteiger partial charge in [0, 0.05) is 31.6 Å². The maximum absolute atomic E-state index is 4.40. The summed E-state index contributed by atoms with van der Waals surface area (Å²) in [7, 11) is 1.94. The van der Waals surface area contributed by atoms with Crippen LogP contribution in [0.3, 0.4) is 0 Å². The lowest BCUT2D eigenvalue weighted by atomic mass is 10.2. The van der Waals surface area contributed by atoms with Crippen molar-refractivity contribution < 1.29 is 0 Å². The second-order valence-electron chi connectivity index (χ2n) is 4.02. The minimum atomic E-state index is 0.854. The van der Waals surface area contributed by atoms with E-state index in [1.54, 1.807) is 0 Å². The molecule has 0 fully saturated rings. The van der Waals surface area contributed by atoms with Gasteiger partial charge in [-0.3, -0.25) is 4.57 Å². The van der Waals surface area contributed by atoms with Crippen LogP contribution in [0.15, 0.2) is 30.7 Å². The van der Waals surface area contributed by atoms with Gasteiger partial charge in [-0.2, -0.15) is 0 Å². The van der Waals surface area contributed by atoms with Crippen molar-refractivity contribution in [2.45, 2.75) is 26.3 Å². The van der Waals surface area contributed by atoms with Crippen molar-refractivity contribution in [3.05, 3.63) is 42.1 Å². The Morgan fingerprint density at radius 2 is 2.18 bits per heavy atom. The largest absolute Gasteiger partial charge is 0.316 e. The molecule has 0 saturated heterocycles. The molecule has 2 rings (SSSR count). The zero-order valence-corrected chi connectivity index (χ0v) is 10.3. The standard InChI is InChI=1S/C13H18N4/c1-3-4-12-16-7-8-17(12)13-9-11(10-14-2)5-6-15-13/h5-9,14H,3-4,10H2,1-2H3. The number of hydrogen-bond acceptors (Lipinski definition) is 3. The first kappa shape index (κ1) is 11.8. The highest BCUT2D eigenvalue weighted by Crippen LogP contribution is 2.11. The summed E-state index contributed by atoms with van der Waals surface area (Å²) >= 11 is 0. The van der Waals surface area contributed by atoms with Crippen LogP contribution in [0.2, 0.25) is 0 Å². The first-order valence-electron chi connectivity index (χ1n) is 5.97. The van der Waals surface area contributed by atoms with Crippen LogP contribution < -0.4 is 5.32 Å². The highest BCUT2D eigenvalue weighted by Gasteiger charge is 2.05. The molecule has 0 aromatic carbocycles. The summed E-state index contributed by atoms with van der Waals surface area (Å²) in [6.45, 7) is 3.01. The molecule has 0 aliphatic carbocycles. The van der Waals surface area contributed by atoms with E-state index in [9.17, 15) is 0 Å². The van der Waals surface area contributed by atoms with Gasteiger partial charge in [0.25, 0.3) is 0 Å². The van der Waals surface area contributed by atoms with Crippen LogP contribution in [0.4, 0.5) is 0 Å². The summed E-state index contributed by atoms with van der Waals surface area (Å²) in [6, 6.07) is 4.12. The second kappa shape index (κ2) is 5.59. The van der Waals surface area contributed by atoms with Crippen molar-refractivity contribution in [1.82, 2.24) is 19.9 Å². The van der Waals surface area contributed by atoms with Crippen molar-refractivity contribution in [1.29, 1.82) is 0 Å². The fourth-order valence-electron chi connectivity index (χ4n) is 1.86. The number of nitrogens with zero attached hydrogens (tertiary/aromatic N) is 3. The molecule has 0 spiro atoms. The lowest BCUT2D eigenvalue weighted by Crippen LogP contribution is -2.07. The fraction of sp³-hybridized carbons (Fsp3) is 0.385. The van der Waals surface area contributed by atoms with E-state index in [1.807, 2.05) is 31.7 Å². The Labute approximate surface area is 102 Å². The Hall–Kier alpha value is -1.68. The minimum Gasteiger partial charge on any atom is -0.316 e.